The zero-order valence-electron chi connectivity index (χ0n) is 19.9. The number of methoxy groups -OCH3 is 2. The molecule has 3 fully saturated rings. The van der Waals surface area contributed by atoms with Crippen LogP contribution in [0.4, 0.5) is 0 Å². The molecule has 8 atom stereocenters. The van der Waals surface area contributed by atoms with Gasteiger partial charge < -0.3 is 23.0 Å². The van der Waals surface area contributed by atoms with Crippen molar-refractivity contribution in [2.24, 2.45) is 34.5 Å². The van der Waals surface area contributed by atoms with Gasteiger partial charge in [-0.05, 0) is 60.2 Å². The molecule has 0 radical (unpaired) electrons. The van der Waals surface area contributed by atoms with Gasteiger partial charge in [-0.25, -0.2) is 0 Å². The third-order valence-electron chi connectivity index (χ3n) is 7.75. The summed E-state index contributed by atoms with van der Waals surface area (Å²) in [6, 6.07) is 0. The lowest BCUT2D eigenvalue weighted by Crippen LogP contribution is -2.53. The van der Waals surface area contributed by atoms with Crippen LogP contribution in [0.15, 0.2) is 0 Å². The SMILES string of the molecule is COC1CC2C3CC(OC)CC(C(C)(C)C)C3OP(OC)OC2C(C(C)(C)C)C1. The highest BCUT2D eigenvalue weighted by molar-refractivity contribution is 7.41. The first-order chi connectivity index (χ1) is 13.5. The summed E-state index contributed by atoms with van der Waals surface area (Å²) in [5.74, 6) is 1.61. The van der Waals surface area contributed by atoms with Crippen molar-refractivity contribution in [1.29, 1.82) is 0 Å². The minimum absolute atomic E-state index is 0.132. The normalized spacial score (nSPS) is 44.0. The van der Waals surface area contributed by atoms with E-state index in [1.807, 2.05) is 14.2 Å². The molecule has 0 N–H and O–H groups in total. The topological polar surface area (TPSA) is 46.2 Å². The highest BCUT2D eigenvalue weighted by atomic mass is 31.2. The van der Waals surface area contributed by atoms with Crippen LogP contribution in [0, 0.1) is 34.5 Å². The van der Waals surface area contributed by atoms with E-state index in [2.05, 4.69) is 41.5 Å². The maximum atomic E-state index is 6.64. The Morgan fingerprint density at radius 2 is 1.03 bits per heavy atom. The minimum atomic E-state index is -1.35. The van der Waals surface area contributed by atoms with E-state index in [4.69, 9.17) is 23.0 Å². The molecule has 2 saturated carbocycles. The van der Waals surface area contributed by atoms with Crippen molar-refractivity contribution in [3.05, 3.63) is 0 Å². The van der Waals surface area contributed by atoms with E-state index in [1.54, 1.807) is 7.11 Å². The first-order valence-electron chi connectivity index (χ1n) is 11.2. The Kier molecular flexibility index (Phi) is 7.41. The molecule has 0 bridgehead atoms. The molecule has 0 spiro atoms. The molecule has 1 aliphatic heterocycles. The molecule has 6 heteroatoms. The summed E-state index contributed by atoms with van der Waals surface area (Å²) in [6.45, 7) is 13.9. The average molecular weight is 431 g/mol. The van der Waals surface area contributed by atoms with Crippen LogP contribution in [-0.4, -0.2) is 45.7 Å². The van der Waals surface area contributed by atoms with Gasteiger partial charge >= 0.3 is 8.60 Å². The highest BCUT2D eigenvalue weighted by Crippen LogP contribution is 2.60. The zero-order chi connectivity index (χ0) is 21.6. The summed E-state index contributed by atoms with van der Waals surface area (Å²) in [4.78, 5) is 0. The predicted octanol–water partition coefficient (Wildman–Crippen LogP) is 5.82. The van der Waals surface area contributed by atoms with Crippen molar-refractivity contribution >= 4 is 8.60 Å². The first-order valence-corrected chi connectivity index (χ1v) is 12.3. The van der Waals surface area contributed by atoms with Gasteiger partial charge in [-0.1, -0.05) is 41.5 Å². The predicted molar refractivity (Wildman–Crippen MR) is 117 cm³/mol. The van der Waals surface area contributed by atoms with Gasteiger partial charge in [-0.3, -0.25) is 0 Å². The molecule has 0 aromatic heterocycles. The second-order valence-electron chi connectivity index (χ2n) is 11.5. The summed E-state index contributed by atoms with van der Waals surface area (Å²) in [7, 11) is 4.09. The Balaban J connectivity index is 2.03. The van der Waals surface area contributed by atoms with Gasteiger partial charge in [-0.2, -0.15) is 0 Å². The standard InChI is InChI=1S/C23H43O5P/c1-22(2,3)18-12-14(24-7)10-16-17-11-15(25-8)13-19(23(4,5)6)21(17)28-29(26-9)27-20(16)18/h14-21H,10-13H2,1-9H3. The van der Waals surface area contributed by atoms with Crippen molar-refractivity contribution in [2.45, 2.75) is 91.6 Å². The third kappa shape index (κ3) is 5.02. The lowest BCUT2D eigenvalue weighted by atomic mass is 9.57. The van der Waals surface area contributed by atoms with E-state index < -0.39 is 8.60 Å². The monoisotopic (exact) mass is 430 g/mol. The van der Waals surface area contributed by atoms with E-state index in [1.165, 1.54) is 0 Å². The molecule has 3 aliphatic rings. The van der Waals surface area contributed by atoms with E-state index in [0.717, 1.165) is 25.7 Å². The van der Waals surface area contributed by atoms with E-state index in [0.29, 0.717) is 23.7 Å². The van der Waals surface area contributed by atoms with Gasteiger partial charge in [0, 0.05) is 21.3 Å². The fourth-order valence-corrected chi connectivity index (χ4v) is 7.25. The van der Waals surface area contributed by atoms with Crippen molar-refractivity contribution in [2.75, 3.05) is 21.3 Å². The van der Waals surface area contributed by atoms with Crippen LogP contribution in [0.3, 0.4) is 0 Å². The van der Waals surface area contributed by atoms with Crippen molar-refractivity contribution in [3.8, 4) is 0 Å². The summed E-state index contributed by atoms with van der Waals surface area (Å²) in [5.41, 5.74) is 0.265. The highest BCUT2D eigenvalue weighted by Gasteiger charge is 2.56. The van der Waals surface area contributed by atoms with Crippen LogP contribution in [0.1, 0.15) is 67.2 Å². The molecule has 8 unspecified atom stereocenters. The zero-order valence-corrected chi connectivity index (χ0v) is 20.8. The molecule has 3 rings (SSSR count). The Morgan fingerprint density at radius 1 is 0.655 bits per heavy atom. The third-order valence-corrected chi connectivity index (χ3v) is 8.88. The minimum Gasteiger partial charge on any atom is -0.381 e. The number of fused-ring (bicyclic) bond motifs is 3. The van der Waals surface area contributed by atoms with Crippen molar-refractivity contribution in [3.63, 3.8) is 0 Å². The van der Waals surface area contributed by atoms with Gasteiger partial charge in [0.25, 0.3) is 0 Å². The molecular formula is C23H43O5P. The van der Waals surface area contributed by atoms with Gasteiger partial charge in [0.1, 0.15) is 0 Å². The second-order valence-corrected chi connectivity index (χ2v) is 12.7. The number of hydrogen-bond donors (Lipinski definition) is 0. The summed E-state index contributed by atoms with van der Waals surface area (Å²) < 4.78 is 30.9. The van der Waals surface area contributed by atoms with E-state index >= 15 is 0 Å². The molecular weight excluding hydrogens is 387 g/mol. The van der Waals surface area contributed by atoms with Crippen LogP contribution in [0.5, 0.6) is 0 Å². The molecule has 1 heterocycles. The molecule has 0 amide bonds. The van der Waals surface area contributed by atoms with Crippen molar-refractivity contribution < 1.29 is 23.0 Å². The Hall–Kier alpha value is 0.230. The fourth-order valence-electron chi connectivity index (χ4n) is 6.03. The maximum absolute atomic E-state index is 6.64. The lowest BCUT2D eigenvalue weighted by Gasteiger charge is -2.51. The first kappa shape index (κ1) is 23.9. The number of ether oxygens (including phenoxy) is 2. The summed E-state index contributed by atoms with van der Waals surface area (Å²) >= 11 is 0. The van der Waals surface area contributed by atoms with Gasteiger partial charge in [0.15, 0.2) is 0 Å². The van der Waals surface area contributed by atoms with Gasteiger partial charge in [0.2, 0.25) is 0 Å². The van der Waals surface area contributed by atoms with Crippen LogP contribution in [0.25, 0.3) is 0 Å². The molecule has 5 nitrogen and oxygen atoms in total. The number of rotatable bonds is 3. The van der Waals surface area contributed by atoms with Gasteiger partial charge in [-0.15, -0.1) is 0 Å². The summed E-state index contributed by atoms with van der Waals surface area (Å²) in [6.07, 6.45) is 4.93. The largest absolute Gasteiger partial charge is 0.381 e. The molecule has 170 valence electrons. The quantitative estimate of drug-likeness (QED) is 0.528. The smallest absolute Gasteiger partial charge is 0.332 e. The van der Waals surface area contributed by atoms with Gasteiger partial charge in [0.05, 0.1) is 24.4 Å². The van der Waals surface area contributed by atoms with Crippen LogP contribution in [-0.2, 0) is 23.0 Å². The molecule has 1 saturated heterocycles. The Bertz CT molecular complexity index is 496. The Morgan fingerprint density at radius 3 is 1.31 bits per heavy atom. The van der Waals surface area contributed by atoms with E-state index in [-0.39, 0.29) is 35.2 Å². The molecule has 0 aromatic rings. The lowest BCUT2D eigenvalue weighted by molar-refractivity contribution is -0.120. The molecule has 2 aliphatic carbocycles. The van der Waals surface area contributed by atoms with E-state index in [9.17, 15) is 0 Å². The molecule has 29 heavy (non-hydrogen) atoms. The maximum Gasteiger partial charge on any atom is 0.332 e. The fraction of sp³-hybridized carbons (Fsp3) is 1.00. The van der Waals surface area contributed by atoms with Crippen LogP contribution in [0.2, 0.25) is 0 Å². The Labute approximate surface area is 179 Å². The van der Waals surface area contributed by atoms with Crippen molar-refractivity contribution in [1.82, 2.24) is 0 Å². The summed E-state index contributed by atoms with van der Waals surface area (Å²) in [5, 5.41) is 0. The second kappa shape index (κ2) is 9.00. The van der Waals surface area contributed by atoms with Crippen LogP contribution < -0.4 is 0 Å². The van der Waals surface area contributed by atoms with Crippen LogP contribution >= 0.6 is 8.60 Å². The molecule has 0 aromatic carbocycles. The number of hydrogen-bond acceptors (Lipinski definition) is 5. The average Bonchev–Trinajstić information content (AvgIpc) is 2.81.